The Morgan fingerprint density at radius 1 is 1.11 bits per heavy atom. The molecule has 3 rings (SSSR count). The molecule has 0 N–H and O–H groups in total. The van der Waals surface area contributed by atoms with E-state index in [1.165, 1.54) is 30.4 Å². The summed E-state index contributed by atoms with van der Waals surface area (Å²) in [7, 11) is 0. The molecule has 2 aromatic heterocycles. The average Bonchev–Trinajstić information content (AvgIpc) is 2.63. The molecule has 0 aromatic carbocycles. The van der Waals surface area contributed by atoms with Crippen molar-refractivity contribution in [2.24, 2.45) is 0 Å². The van der Waals surface area contributed by atoms with Crippen LogP contribution in [0.2, 0.25) is 5.15 Å². The van der Waals surface area contributed by atoms with Crippen molar-refractivity contribution in [2.75, 3.05) is 0 Å². The maximum atomic E-state index is 6.34. The number of rotatable bonds is 1. The second-order valence-corrected chi connectivity index (χ2v) is 5.89. The van der Waals surface area contributed by atoms with Crippen LogP contribution < -0.4 is 0 Å². The van der Waals surface area contributed by atoms with Crippen molar-refractivity contribution in [1.82, 2.24) is 9.97 Å². The summed E-state index contributed by atoms with van der Waals surface area (Å²) in [5, 5.41) is 4.88. The Hall–Kier alpha value is -0.930. The normalized spacial score (nSPS) is 15.2. The van der Waals surface area contributed by atoms with Gasteiger partial charge in [0.1, 0.15) is 5.15 Å². The Kier molecular flexibility index (Phi) is 3.35. The molecule has 2 heterocycles. The molecule has 0 saturated heterocycles. The number of aromatic nitrogens is 2. The molecule has 0 aliphatic heterocycles. The van der Waals surface area contributed by atoms with Gasteiger partial charge in [-0.3, -0.25) is 0 Å². The van der Waals surface area contributed by atoms with Crippen molar-refractivity contribution in [3.63, 3.8) is 0 Å². The topological polar surface area (TPSA) is 25.8 Å². The number of nitrogens with zero attached hydrogens (tertiary/aromatic N) is 2. The molecule has 2 aromatic rings. The van der Waals surface area contributed by atoms with Crippen molar-refractivity contribution in [3.05, 3.63) is 32.7 Å². The third-order valence-electron chi connectivity index (χ3n) is 3.48. The SMILES string of the molecule is Cc1cscc1-c1nc(Cl)c2c(n1)CCCCC2. The third-order valence-corrected chi connectivity index (χ3v) is 4.65. The van der Waals surface area contributed by atoms with Crippen LogP contribution in [0.4, 0.5) is 0 Å². The average molecular weight is 279 g/mol. The highest BCUT2D eigenvalue weighted by Crippen LogP contribution is 2.30. The predicted molar refractivity (Wildman–Crippen MR) is 76.4 cm³/mol. The molecule has 94 valence electrons. The van der Waals surface area contributed by atoms with Crippen LogP contribution in [0, 0.1) is 6.92 Å². The Balaban J connectivity index is 2.11. The second kappa shape index (κ2) is 4.98. The summed E-state index contributed by atoms with van der Waals surface area (Å²) in [6, 6.07) is 0. The third kappa shape index (κ3) is 2.17. The van der Waals surface area contributed by atoms with Crippen LogP contribution in [0.1, 0.15) is 36.1 Å². The highest BCUT2D eigenvalue weighted by atomic mass is 35.5. The molecule has 0 amide bonds. The molecule has 0 bridgehead atoms. The summed E-state index contributed by atoms with van der Waals surface area (Å²) in [5.41, 5.74) is 4.68. The van der Waals surface area contributed by atoms with E-state index in [0.717, 1.165) is 29.9 Å². The molecule has 18 heavy (non-hydrogen) atoms. The number of aryl methyl sites for hydroxylation is 2. The van der Waals surface area contributed by atoms with Gasteiger partial charge in [-0.2, -0.15) is 11.3 Å². The van der Waals surface area contributed by atoms with E-state index in [-0.39, 0.29) is 0 Å². The molecule has 0 saturated carbocycles. The van der Waals surface area contributed by atoms with Crippen molar-refractivity contribution >= 4 is 22.9 Å². The summed E-state index contributed by atoms with van der Waals surface area (Å²) in [6.07, 6.45) is 5.74. The largest absolute Gasteiger partial charge is 0.233 e. The van der Waals surface area contributed by atoms with Crippen LogP contribution >= 0.6 is 22.9 Å². The molecule has 0 spiro atoms. The first-order chi connectivity index (χ1) is 8.75. The summed E-state index contributed by atoms with van der Waals surface area (Å²) in [4.78, 5) is 9.24. The van der Waals surface area contributed by atoms with Crippen LogP contribution in [0.25, 0.3) is 11.4 Å². The lowest BCUT2D eigenvalue weighted by molar-refractivity contribution is 0.709. The van der Waals surface area contributed by atoms with Gasteiger partial charge in [0, 0.05) is 22.2 Å². The first-order valence-electron chi connectivity index (χ1n) is 6.34. The predicted octanol–water partition coefficient (Wildman–Crippen LogP) is 4.44. The Bertz CT molecular complexity index is 577. The molecular formula is C14H15ClN2S. The van der Waals surface area contributed by atoms with Gasteiger partial charge in [0.15, 0.2) is 5.82 Å². The van der Waals surface area contributed by atoms with Gasteiger partial charge in [-0.1, -0.05) is 18.0 Å². The lowest BCUT2D eigenvalue weighted by Gasteiger charge is -2.09. The van der Waals surface area contributed by atoms with E-state index >= 15 is 0 Å². The monoisotopic (exact) mass is 278 g/mol. The lowest BCUT2D eigenvalue weighted by atomic mass is 10.1. The Labute approximate surface area is 116 Å². The van der Waals surface area contributed by atoms with Gasteiger partial charge >= 0.3 is 0 Å². The quantitative estimate of drug-likeness (QED) is 0.569. The number of hydrogen-bond donors (Lipinski definition) is 0. The van der Waals surface area contributed by atoms with Gasteiger partial charge in [-0.25, -0.2) is 9.97 Å². The Morgan fingerprint density at radius 3 is 2.72 bits per heavy atom. The molecule has 1 aliphatic carbocycles. The minimum Gasteiger partial charge on any atom is -0.233 e. The van der Waals surface area contributed by atoms with Crippen LogP contribution in [-0.4, -0.2) is 9.97 Å². The fourth-order valence-electron chi connectivity index (χ4n) is 2.44. The van der Waals surface area contributed by atoms with Crippen LogP contribution in [-0.2, 0) is 12.8 Å². The molecule has 0 fully saturated rings. The molecule has 0 atom stereocenters. The van der Waals surface area contributed by atoms with E-state index in [9.17, 15) is 0 Å². The van der Waals surface area contributed by atoms with Crippen molar-refractivity contribution in [1.29, 1.82) is 0 Å². The minimum absolute atomic E-state index is 0.655. The summed E-state index contributed by atoms with van der Waals surface area (Å²) in [5.74, 6) is 0.791. The van der Waals surface area contributed by atoms with E-state index < -0.39 is 0 Å². The number of hydrogen-bond acceptors (Lipinski definition) is 3. The molecule has 0 unspecified atom stereocenters. The summed E-state index contributed by atoms with van der Waals surface area (Å²) >= 11 is 8.03. The van der Waals surface area contributed by atoms with E-state index in [1.807, 2.05) is 0 Å². The van der Waals surface area contributed by atoms with Gasteiger partial charge in [0.25, 0.3) is 0 Å². The first kappa shape index (κ1) is 12.1. The van der Waals surface area contributed by atoms with E-state index in [2.05, 4.69) is 22.7 Å². The molecule has 1 aliphatic rings. The first-order valence-corrected chi connectivity index (χ1v) is 7.66. The van der Waals surface area contributed by atoms with Crippen LogP contribution in [0.3, 0.4) is 0 Å². The van der Waals surface area contributed by atoms with Gasteiger partial charge in [-0.05, 0) is 43.6 Å². The number of thiophene rings is 1. The minimum atomic E-state index is 0.655. The lowest BCUT2D eigenvalue weighted by Crippen LogP contribution is -2.02. The number of halogens is 1. The fraction of sp³-hybridized carbons (Fsp3) is 0.429. The van der Waals surface area contributed by atoms with Gasteiger partial charge < -0.3 is 0 Å². The van der Waals surface area contributed by atoms with E-state index in [0.29, 0.717) is 5.15 Å². The zero-order valence-corrected chi connectivity index (χ0v) is 11.9. The molecule has 0 radical (unpaired) electrons. The number of fused-ring (bicyclic) bond motifs is 1. The maximum Gasteiger partial charge on any atom is 0.162 e. The van der Waals surface area contributed by atoms with Gasteiger partial charge in [-0.15, -0.1) is 0 Å². The van der Waals surface area contributed by atoms with Gasteiger partial charge in [0.2, 0.25) is 0 Å². The van der Waals surface area contributed by atoms with Crippen molar-refractivity contribution < 1.29 is 0 Å². The van der Waals surface area contributed by atoms with Crippen molar-refractivity contribution in [3.8, 4) is 11.4 Å². The van der Waals surface area contributed by atoms with Crippen LogP contribution in [0.5, 0.6) is 0 Å². The molecule has 2 nitrogen and oxygen atoms in total. The highest BCUT2D eigenvalue weighted by molar-refractivity contribution is 7.08. The zero-order chi connectivity index (χ0) is 12.5. The highest BCUT2D eigenvalue weighted by Gasteiger charge is 2.17. The van der Waals surface area contributed by atoms with Gasteiger partial charge in [0.05, 0.1) is 0 Å². The second-order valence-electron chi connectivity index (χ2n) is 4.79. The van der Waals surface area contributed by atoms with Crippen LogP contribution in [0.15, 0.2) is 10.8 Å². The summed E-state index contributed by atoms with van der Waals surface area (Å²) < 4.78 is 0. The van der Waals surface area contributed by atoms with Crippen molar-refractivity contribution in [2.45, 2.75) is 39.0 Å². The maximum absolute atomic E-state index is 6.34. The summed E-state index contributed by atoms with van der Waals surface area (Å²) in [6.45, 7) is 2.09. The molecule has 4 heteroatoms. The van der Waals surface area contributed by atoms with E-state index in [4.69, 9.17) is 16.6 Å². The molecular weight excluding hydrogens is 264 g/mol. The van der Waals surface area contributed by atoms with E-state index in [1.54, 1.807) is 11.3 Å². The standard InChI is InChI=1S/C14H15ClN2S/c1-9-7-18-8-11(9)14-16-12-6-4-2-3-5-10(12)13(15)17-14/h7-8H,2-6H2,1H3. The zero-order valence-electron chi connectivity index (χ0n) is 10.4. The smallest absolute Gasteiger partial charge is 0.162 e. The fourth-order valence-corrected chi connectivity index (χ4v) is 3.55. The Morgan fingerprint density at radius 2 is 1.94 bits per heavy atom.